The van der Waals surface area contributed by atoms with E-state index < -0.39 is 0 Å². The summed E-state index contributed by atoms with van der Waals surface area (Å²) in [5.74, 6) is 1.49. The second-order valence-electron chi connectivity index (χ2n) is 3.97. The average Bonchev–Trinajstić information content (AvgIpc) is 2.33. The minimum Gasteiger partial charge on any atom is -0.403 e. The van der Waals surface area contributed by atoms with Gasteiger partial charge >= 0.3 is 5.88 Å². The number of aromatic nitrogens is 1. The number of nitrogen functional groups attached to an aromatic ring is 1. The number of ether oxygens (including phenoxy) is 1. The highest BCUT2D eigenvalue weighted by Gasteiger charge is 2.11. The molecule has 2 N–H and O–H groups in total. The average molecular weight is 229 g/mol. The van der Waals surface area contributed by atoms with Crippen molar-refractivity contribution in [1.82, 2.24) is 0 Å². The highest BCUT2D eigenvalue weighted by atomic mass is 16.5. The molecule has 1 aromatic heterocycles. The Balaban J connectivity index is 2.31. The lowest BCUT2D eigenvalue weighted by Gasteiger charge is -2.07. The molecule has 3 heteroatoms. The van der Waals surface area contributed by atoms with Crippen molar-refractivity contribution >= 4 is 5.69 Å². The van der Waals surface area contributed by atoms with Gasteiger partial charge in [-0.3, -0.25) is 0 Å². The van der Waals surface area contributed by atoms with E-state index in [0.717, 1.165) is 18.0 Å². The van der Waals surface area contributed by atoms with Crippen molar-refractivity contribution in [2.75, 3.05) is 5.73 Å². The second-order valence-corrected chi connectivity index (χ2v) is 3.97. The van der Waals surface area contributed by atoms with Crippen molar-refractivity contribution in [2.24, 2.45) is 0 Å². The van der Waals surface area contributed by atoms with Crippen molar-refractivity contribution in [2.45, 2.75) is 20.4 Å². The number of aryl methyl sites for hydroxylation is 2. The van der Waals surface area contributed by atoms with Gasteiger partial charge in [0, 0.05) is 6.07 Å². The first-order valence-corrected chi connectivity index (χ1v) is 5.73. The van der Waals surface area contributed by atoms with Gasteiger partial charge in [-0.25, -0.2) is 0 Å². The molecule has 17 heavy (non-hydrogen) atoms. The zero-order valence-electron chi connectivity index (χ0n) is 10.2. The van der Waals surface area contributed by atoms with Crippen LogP contribution in [0.2, 0.25) is 0 Å². The number of hydrogen-bond donors (Lipinski definition) is 1. The first-order chi connectivity index (χ1) is 8.20. The van der Waals surface area contributed by atoms with E-state index in [-0.39, 0.29) is 0 Å². The second kappa shape index (κ2) is 4.87. The first-order valence-electron chi connectivity index (χ1n) is 5.73. The zero-order valence-corrected chi connectivity index (χ0v) is 10.2. The fourth-order valence-corrected chi connectivity index (χ4v) is 1.69. The minimum absolute atomic E-state index is 0.663. The fraction of sp³-hybridized carbons (Fsp3) is 0.214. The molecular weight excluding hydrogens is 212 g/mol. The van der Waals surface area contributed by atoms with Crippen LogP contribution in [0, 0.1) is 6.92 Å². The van der Waals surface area contributed by atoms with E-state index in [1.54, 1.807) is 0 Å². The van der Waals surface area contributed by atoms with Crippen LogP contribution in [0.5, 0.6) is 11.6 Å². The fourth-order valence-electron chi connectivity index (χ4n) is 1.69. The van der Waals surface area contributed by atoms with E-state index >= 15 is 0 Å². The van der Waals surface area contributed by atoms with Crippen LogP contribution in [0.25, 0.3) is 0 Å². The Kier molecular flexibility index (Phi) is 3.28. The van der Waals surface area contributed by atoms with E-state index in [1.807, 2.05) is 54.1 Å². The smallest absolute Gasteiger partial charge is 0.373 e. The van der Waals surface area contributed by atoms with E-state index in [4.69, 9.17) is 10.5 Å². The maximum atomic E-state index is 5.93. The van der Waals surface area contributed by atoms with Gasteiger partial charge in [0.1, 0.15) is 6.54 Å². The molecule has 88 valence electrons. The lowest BCUT2D eigenvalue weighted by atomic mass is 10.2. The topological polar surface area (TPSA) is 39.1 Å². The summed E-state index contributed by atoms with van der Waals surface area (Å²) in [6.45, 7) is 4.95. The molecular formula is C14H17N2O+. The first kappa shape index (κ1) is 11.5. The SMILES string of the molecule is CC[n+]1ccccc1Oc1ccc(C)cc1N. The van der Waals surface area contributed by atoms with Gasteiger partial charge in [0.05, 0.1) is 11.8 Å². The third kappa shape index (κ3) is 2.56. The van der Waals surface area contributed by atoms with Crippen LogP contribution in [0.3, 0.4) is 0 Å². The molecule has 0 spiro atoms. The minimum atomic E-state index is 0.663. The van der Waals surface area contributed by atoms with Crippen LogP contribution in [-0.2, 0) is 6.54 Å². The number of nitrogens with zero attached hydrogens (tertiary/aromatic N) is 1. The Labute approximate surface area is 101 Å². The molecule has 1 aromatic carbocycles. The predicted octanol–water partition coefficient (Wildman–Crippen LogP) is 2.68. The summed E-state index contributed by atoms with van der Waals surface area (Å²) in [5.41, 5.74) is 7.72. The third-order valence-corrected chi connectivity index (χ3v) is 2.62. The van der Waals surface area contributed by atoms with Gasteiger partial charge in [-0.1, -0.05) is 6.07 Å². The Morgan fingerprint density at radius 2 is 2.06 bits per heavy atom. The van der Waals surface area contributed by atoms with Crippen molar-refractivity contribution in [1.29, 1.82) is 0 Å². The van der Waals surface area contributed by atoms with E-state index in [0.29, 0.717) is 11.4 Å². The molecule has 2 rings (SSSR count). The molecule has 0 atom stereocenters. The van der Waals surface area contributed by atoms with E-state index in [9.17, 15) is 0 Å². The lowest BCUT2D eigenvalue weighted by Crippen LogP contribution is -2.33. The Bertz CT molecular complexity index is 523. The Morgan fingerprint density at radius 1 is 1.24 bits per heavy atom. The molecule has 2 aromatic rings. The molecule has 0 aliphatic rings. The van der Waals surface area contributed by atoms with Crippen molar-refractivity contribution in [3.05, 3.63) is 48.2 Å². The van der Waals surface area contributed by atoms with E-state index in [1.165, 1.54) is 0 Å². The number of hydrogen-bond acceptors (Lipinski definition) is 2. The van der Waals surface area contributed by atoms with Crippen LogP contribution >= 0.6 is 0 Å². The highest BCUT2D eigenvalue weighted by molar-refractivity contribution is 5.54. The molecule has 0 bridgehead atoms. The predicted molar refractivity (Wildman–Crippen MR) is 68.0 cm³/mol. The molecule has 3 nitrogen and oxygen atoms in total. The monoisotopic (exact) mass is 229 g/mol. The van der Waals surface area contributed by atoms with E-state index in [2.05, 4.69) is 6.92 Å². The normalized spacial score (nSPS) is 10.2. The molecule has 0 radical (unpaired) electrons. The van der Waals surface area contributed by atoms with Gasteiger partial charge in [-0.15, -0.1) is 0 Å². The van der Waals surface area contributed by atoms with Gasteiger partial charge in [0.25, 0.3) is 0 Å². The summed E-state index contributed by atoms with van der Waals surface area (Å²) in [4.78, 5) is 0. The standard InChI is InChI=1S/C14H17N2O/c1-3-16-9-5-4-6-14(16)17-13-8-7-11(2)10-12(13)15/h4-10H,3,15H2,1-2H3/q+1. The quantitative estimate of drug-likeness (QED) is 0.649. The van der Waals surface area contributed by atoms with Gasteiger partial charge in [-0.05, 0) is 37.6 Å². The lowest BCUT2D eigenvalue weighted by molar-refractivity contribution is -0.697. The largest absolute Gasteiger partial charge is 0.403 e. The molecule has 0 fully saturated rings. The Hall–Kier alpha value is -2.03. The number of nitrogens with two attached hydrogens (primary N) is 1. The molecule has 0 unspecified atom stereocenters. The number of benzene rings is 1. The summed E-state index contributed by atoms with van der Waals surface area (Å²) in [7, 11) is 0. The summed E-state index contributed by atoms with van der Waals surface area (Å²) in [6.07, 6.45) is 1.99. The highest BCUT2D eigenvalue weighted by Crippen LogP contribution is 2.26. The summed E-state index contributed by atoms with van der Waals surface area (Å²) in [6, 6.07) is 11.7. The van der Waals surface area contributed by atoms with Crippen LogP contribution in [0.4, 0.5) is 5.69 Å². The summed E-state index contributed by atoms with van der Waals surface area (Å²) >= 11 is 0. The maximum Gasteiger partial charge on any atom is 0.373 e. The van der Waals surface area contributed by atoms with Gasteiger partial charge in [-0.2, -0.15) is 4.57 Å². The van der Waals surface area contributed by atoms with Crippen molar-refractivity contribution in [3.8, 4) is 11.6 Å². The number of pyridine rings is 1. The summed E-state index contributed by atoms with van der Waals surface area (Å²) in [5, 5.41) is 0. The Morgan fingerprint density at radius 3 is 2.76 bits per heavy atom. The van der Waals surface area contributed by atoms with Crippen molar-refractivity contribution in [3.63, 3.8) is 0 Å². The van der Waals surface area contributed by atoms with Crippen LogP contribution in [0.15, 0.2) is 42.6 Å². The number of anilines is 1. The zero-order chi connectivity index (χ0) is 12.3. The van der Waals surface area contributed by atoms with Crippen LogP contribution in [0.1, 0.15) is 12.5 Å². The molecule has 0 aliphatic carbocycles. The molecule has 1 heterocycles. The molecule has 0 amide bonds. The molecule has 0 saturated heterocycles. The maximum absolute atomic E-state index is 5.93. The third-order valence-electron chi connectivity index (χ3n) is 2.62. The van der Waals surface area contributed by atoms with Crippen LogP contribution in [-0.4, -0.2) is 0 Å². The molecule has 0 aliphatic heterocycles. The van der Waals surface area contributed by atoms with Gasteiger partial charge < -0.3 is 10.5 Å². The van der Waals surface area contributed by atoms with Gasteiger partial charge in [0.2, 0.25) is 0 Å². The van der Waals surface area contributed by atoms with Crippen LogP contribution < -0.4 is 15.0 Å². The van der Waals surface area contributed by atoms with Gasteiger partial charge in [0.15, 0.2) is 11.9 Å². The van der Waals surface area contributed by atoms with Crippen molar-refractivity contribution < 1.29 is 9.30 Å². The molecule has 0 saturated carbocycles. The number of rotatable bonds is 3. The summed E-state index contributed by atoms with van der Waals surface area (Å²) < 4.78 is 7.85.